The molecule has 1 aromatic carbocycles. The highest BCUT2D eigenvalue weighted by Gasteiger charge is 2.53. The van der Waals surface area contributed by atoms with Gasteiger partial charge in [-0.2, -0.15) is 0 Å². The van der Waals surface area contributed by atoms with Crippen LogP contribution in [0.2, 0.25) is 0 Å². The maximum absolute atomic E-state index is 12.1. The molecule has 1 amide bonds. The Morgan fingerprint density at radius 1 is 0.623 bits per heavy atom. The first-order valence-corrected chi connectivity index (χ1v) is 19.1. The smallest absolute Gasteiger partial charge is 0.337 e. The molecule has 0 spiro atoms. The van der Waals surface area contributed by atoms with E-state index in [1.807, 2.05) is 0 Å². The Balaban J connectivity index is 1.08. The number of nitro benzene ring substituents is 1. The minimum atomic E-state index is -1.97. The molecule has 348 valence electrons. The fourth-order valence-corrected chi connectivity index (χ4v) is 6.19. The minimum Gasteiger partial charge on any atom is -0.425 e. The number of nitro groups is 1. The molecular formula is C35H54N2O24. The zero-order valence-corrected chi connectivity index (χ0v) is 32.6. The van der Waals surface area contributed by atoms with Crippen molar-refractivity contribution >= 4 is 17.6 Å². The lowest BCUT2D eigenvalue weighted by Gasteiger charge is -2.48. The van der Waals surface area contributed by atoms with E-state index in [2.05, 4.69) is 5.32 Å². The first kappa shape index (κ1) is 50.4. The summed E-state index contributed by atoms with van der Waals surface area (Å²) in [6.07, 6.45) is -25.1. The van der Waals surface area contributed by atoms with E-state index >= 15 is 0 Å². The van der Waals surface area contributed by atoms with Gasteiger partial charge in [0.1, 0.15) is 92.2 Å². The van der Waals surface area contributed by atoms with Crippen LogP contribution < -0.4 is 10.1 Å². The molecule has 0 aromatic heterocycles. The van der Waals surface area contributed by atoms with Crippen LogP contribution in [0.4, 0.5) is 5.69 Å². The van der Waals surface area contributed by atoms with Crippen LogP contribution in [0.25, 0.3) is 0 Å². The predicted molar refractivity (Wildman–Crippen MR) is 194 cm³/mol. The summed E-state index contributed by atoms with van der Waals surface area (Å²) < 4.78 is 53.8. The van der Waals surface area contributed by atoms with Crippen molar-refractivity contribution in [3.05, 3.63) is 34.4 Å². The zero-order chi connectivity index (χ0) is 44.6. The number of nitrogens with zero attached hydrogens (tertiary/aromatic N) is 1. The van der Waals surface area contributed by atoms with E-state index < -0.39 is 129 Å². The maximum atomic E-state index is 12.1. The first-order valence-electron chi connectivity index (χ1n) is 19.1. The maximum Gasteiger partial charge on any atom is 0.337 e. The number of hydrogen-bond donors (Lipinski definition) is 11. The van der Waals surface area contributed by atoms with Gasteiger partial charge in [0.25, 0.3) is 5.69 Å². The molecule has 9 unspecified atom stereocenters. The fourth-order valence-electron chi connectivity index (χ4n) is 6.19. The summed E-state index contributed by atoms with van der Waals surface area (Å²) in [5, 5.41) is 116. The molecule has 15 atom stereocenters. The van der Waals surface area contributed by atoms with Gasteiger partial charge in [0.05, 0.1) is 57.8 Å². The van der Waals surface area contributed by atoms with E-state index in [1.54, 1.807) is 0 Å². The van der Waals surface area contributed by atoms with Crippen LogP contribution in [-0.4, -0.2) is 233 Å². The number of carbonyl (C=O) groups excluding carboxylic acids is 2. The molecule has 0 saturated carbocycles. The standard InChI is InChI=1S/C35H54N2O24/c38-12-19-24(43)25(44)28(47)34(57-19)60-32-21(14-40)59-35(30(49)27(32)46)61-31-20(13-39)58-33(29(48)26(31)45)55-7-1-6-36-22(41)15-53-10-8-52-9-11-54-16-23(42)56-18-4-2-17(3-5-18)37(50)51/h2-5,19-21,24-35,38-40,43-49H,1,6-16H2,(H,36,41)/t19?,20?,21?,24-,25?,26?,27?,28?,29?,30?,31+,32-,33+,34+,35-/m0/s1. The number of ether oxygens (including phenoxy) is 10. The number of aliphatic hydroxyl groups excluding tert-OH is 10. The number of rotatable bonds is 24. The van der Waals surface area contributed by atoms with Crippen molar-refractivity contribution in [2.45, 2.75) is 98.5 Å². The van der Waals surface area contributed by atoms with Crippen LogP contribution >= 0.6 is 0 Å². The number of non-ortho nitro benzene ring substituents is 1. The number of carbonyl (C=O) groups is 2. The molecule has 0 bridgehead atoms. The summed E-state index contributed by atoms with van der Waals surface area (Å²) >= 11 is 0. The molecule has 26 heteroatoms. The molecular weight excluding hydrogens is 832 g/mol. The number of nitrogens with one attached hydrogen (secondary N) is 1. The molecule has 61 heavy (non-hydrogen) atoms. The lowest BCUT2D eigenvalue weighted by atomic mass is 9.96. The van der Waals surface area contributed by atoms with E-state index in [4.69, 9.17) is 47.4 Å². The average molecular weight is 887 g/mol. The van der Waals surface area contributed by atoms with Crippen LogP contribution in [0.1, 0.15) is 6.42 Å². The van der Waals surface area contributed by atoms with Crippen molar-refractivity contribution in [1.29, 1.82) is 0 Å². The van der Waals surface area contributed by atoms with Crippen molar-refractivity contribution in [2.75, 3.05) is 72.6 Å². The Labute approximate surface area is 347 Å². The average Bonchev–Trinajstić information content (AvgIpc) is 3.24. The summed E-state index contributed by atoms with van der Waals surface area (Å²) in [6.45, 7) is -2.68. The van der Waals surface area contributed by atoms with E-state index in [0.29, 0.717) is 0 Å². The Hall–Kier alpha value is -3.20. The van der Waals surface area contributed by atoms with Gasteiger partial charge in [-0.05, 0) is 18.6 Å². The molecule has 11 N–H and O–H groups in total. The Kier molecular flexibility index (Phi) is 20.8. The number of aliphatic hydroxyl groups is 10. The fraction of sp³-hybridized carbons (Fsp3) is 0.771. The number of esters is 1. The van der Waals surface area contributed by atoms with Crippen molar-refractivity contribution in [3.63, 3.8) is 0 Å². The second-order valence-corrected chi connectivity index (χ2v) is 13.8. The van der Waals surface area contributed by atoms with Gasteiger partial charge in [0.2, 0.25) is 5.91 Å². The number of benzene rings is 1. The highest BCUT2D eigenvalue weighted by atomic mass is 16.8. The van der Waals surface area contributed by atoms with Gasteiger partial charge in [-0.25, -0.2) is 4.79 Å². The van der Waals surface area contributed by atoms with Crippen LogP contribution in [0.5, 0.6) is 5.75 Å². The van der Waals surface area contributed by atoms with Crippen molar-refractivity contribution in [2.24, 2.45) is 0 Å². The van der Waals surface area contributed by atoms with Crippen molar-refractivity contribution < 1.29 is 113 Å². The second-order valence-electron chi connectivity index (χ2n) is 13.8. The molecule has 26 nitrogen and oxygen atoms in total. The van der Waals surface area contributed by atoms with E-state index in [1.165, 1.54) is 24.3 Å². The summed E-state index contributed by atoms with van der Waals surface area (Å²) in [4.78, 5) is 34.0. The van der Waals surface area contributed by atoms with Crippen LogP contribution in [-0.2, 0) is 52.2 Å². The third-order valence-corrected chi connectivity index (χ3v) is 9.47. The normalized spacial score (nSPS) is 34.2. The number of amides is 1. The van der Waals surface area contributed by atoms with Gasteiger partial charge in [-0.15, -0.1) is 0 Å². The summed E-state index contributed by atoms with van der Waals surface area (Å²) in [6, 6.07) is 4.96. The first-order chi connectivity index (χ1) is 29.2. The molecule has 0 radical (unpaired) electrons. The highest BCUT2D eigenvalue weighted by molar-refractivity contribution is 5.77. The van der Waals surface area contributed by atoms with E-state index in [0.717, 1.165) is 0 Å². The quantitative estimate of drug-likeness (QED) is 0.0151. The lowest BCUT2D eigenvalue weighted by molar-refractivity contribution is -0.384. The van der Waals surface area contributed by atoms with E-state index in [9.17, 15) is 70.8 Å². The van der Waals surface area contributed by atoms with Gasteiger partial charge >= 0.3 is 5.97 Å². The van der Waals surface area contributed by atoms with Crippen LogP contribution in [0.3, 0.4) is 0 Å². The zero-order valence-electron chi connectivity index (χ0n) is 32.6. The molecule has 0 aliphatic carbocycles. The monoisotopic (exact) mass is 886 g/mol. The molecule has 3 aliphatic rings. The molecule has 3 heterocycles. The largest absolute Gasteiger partial charge is 0.425 e. The summed E-state index contributed by atoms with van der Waals surface area (Å²) in [5.41, 5.74) is -0.146. The summed E-state index contributed by atoms with van der Waals surface area (Å²) in [7, 11) is 0. The topological polar surface area (TPSA) is 384 Å². The van der Waals surface area contributed by atoms with Gasteiger partial charge < -0.3 is 104 Å². The van der Waals surface area contributed by atoms with Gasteiger partial charge in [-0.3, -0.25) is 14.9 Å². The summed E-state index contributed by atoms with van der Waals surface area (Å²) in [5.74, 6) is -1.03. The predicted octanol–water partition coefficient (Wildman–Crippen LogP) is -6.48. The third-order valence-electron chi connectivity index (χ3n) is 9.47. The minimum absolute atomic E-state index is 0.0588. The SMILES string of the molecule is O=C(COCCOCCOCC(=O)Oc1ccc([N+](=O)[O-])cc1)NCCCO[C@@H]1OC(CO)[C@@H](O[C@@H]2OC(CO)[C@H](O[C@H]3OC(CO)[C@H](O)C(O)C3O)C(O)C2O)C(O)C1O. The number of hydrogen-bond acceptors (Lipinski definition) is 24. The Bertz CT molecular complexity index is 1470. The molecule has 3 saturated heterocycles. The van der Waals surface area contributed by atoms with Gasteiger partial charge in [0.15, 0.2) is 18.9 Å². The molecule has 3 fully saturated rings. The molecule has 3 aliphatic heterocycles. The van der Waals surface area contributed by atoms with Crippen molar-refractivity contribution in [3.8, 4) is 5.75 Å². The highest BCUT2D eigenvalue weighted by Crippen LogP contribution is 2.32. The van der Waals surface area contributed by atoms with Crippen molar-refractivity contribution in [1.82, 2.24) is 5.32 Å². The third kappa shape index (κ3) is 14.4. The van der Waals surface area contributed by atoms with Crippen LogP contribution in [0.15, 0.2) is 24.3 Å². The van der Waals surface area contributed by atoms with Gasteiger partial charge in [-0.1, -0.05) is 0 Å². The Morgan fingerprint density at radius 2 is 1.11 bits per heavy atom. The van der Waals surface area contributed by atoms with Crippen LogP contribution in [0, 0.1) is 10.1 Å². The molecule has 1 aromatic rings. The second kappa shape index (κ2) is 25.2. The Morgan fingerprint density at radius 3 is 1.67 bits per heavy atom. The van der Waals surface area contributed by atoms with E-state index in [-0.39, 0.29) is 70.7 Å². The van der Waals surface area contributed by atoms with Gasteiger partial charge in [0, 0.05) is 18.7 Å². The lowest BCUT2D eigenvalue weighted by Crippen LogP contribution is -2.66. The molecule has 4 rings (SSSR count).